The maximum Gasteiger partial charge on any atom is 0.226 e. The first-order valence-electron chi connectivity index (χ1n) is 13.4. The monoisotopic (exact) mass is 465 g/mol. The van der Waals surface area contributed by atoms with E-state index in [4.69, 9.17) is 15.8 Å². The van der Waals surface area contributed by atoms with Crippen molar-refractivity contribution in [1.29, 1.82) is 0 Å². The van der Waals surface area contributed by atoms with Gasteiger partial charge in [-0.05, 0) is 77.8 Å². The van der Waals surface area contributed by atoms with Gasteiger partial charge in [0.1, 0.15) is 5.82 Å². The zero-order valence-electron chi connectivity index (χ0n) is 20.7. The summed E-state index contributed by atoms with van der Waals surface area (Å²) in [6.07, 6.45) is 10.9. The molecule has 3 saturated heterocycles. The molecule has 2 aromatic heterocycles. The summed E-state index contributed by atoms with van der Waals surface area (Å²) < 4.78 is 1.90. The summed E-state index contributed by atoms with van der Waals surface area (Å²) in [5.41, 5.74) is 9.11. The topological polar surface area (TPSA) is 83.0 Å². The number of amides is 1. The Morgan fingerprint density at radius 1 is 1.09 bits per heavy atom. The van der Waals surface area contributed by atoms with Gasteiger partial charge in [-0.25, -0.2) is 9.50 Å². The van der Waals surface area contributed by atoms with Crippen LogP contribution in [-0.4, -0.2) is 75.6 Å². The third kappa shape index (κ3) is 3.88. The molecule has 1 amide bonds. The number of hydrogen-bond donors (Lipinski definition) is 1. The molecular weight excluding hydrogens is 426 g/mol. The summed E-state index contributed by atoms with van der Waals surface area (Å²) in [6, 6.07) is 2.98. The van der Waals surface area contributed by atoms with Gasteiger partial charge in [-0.2, -0.15) is 5.10 Å². The molecule has 4 fully saturated rings. The summed E-state index contributed by atoms with van der Waals surface area (Å²) >= 11 is 0. The van der Waals surface area contributed by atoms with Crippen LogP contribution >= 0.6 is 0 Å². The Kier molecular flexibility index (Phi) is 5.76. The molecule has 34 heavy (non-hydrogen) atoms. The van der Waals surface area contributed by atoms with E-state index in [0.29, 0.717) is 11.9 Å². The average Bonchev–Trinajstić information content (AvgIpc) is 3.56. The molecule has 1 aliphatic carbocycles. The average molecular weight is 466 g/mol. The van der Waals surface area contributed by atoms with E-state index in [9.17, 15) is 4.79 Å². The van der Waals surface area contributed by atoms with Gasteiger partial charge in [0.2, 0.25) is 5.91 Å². The van der Waals surface area contributed by atoms with Crippen LogP contribution < -0.4 is 10.6 Å². The largest absolute Gasteiger partial charge is 0.355 e. The summed E-state index contributed by atoms with van der Waals surface area (Å²) in [5.74, 6) is 2.32. The number of anilines is 1. The smallest absolute Gasteiger partial charge is 0.226 e. The van der Waals surface area contributed by atoms with E-state index in [2.05, 4.69) is 40.9 Å². The van der Waals surface area contributed by atoms with E-state index >= 15 is 0 Å². The molecule has 0 bridgehead atoms. The Morgan fingerprint density at radius 3 is 2.79 bits per heavy atom. The molecule has 2 N–H and O–H groups in total. The van der Waals surface area contributed by atoms with Crippen LogP contribution in [0.4, 0.5) is 5.82 Å². The lowest BCUT2D eigenvalue weighted by Gasteiger charge is -2.40. The molecule has 1 saturated carbocycles. The van der Waals surface area contributed by atoms with E-state index in [1.54, 1.807) is 0 Å². The quantitative estimate of drug-likeness (QED) is 0.751. The summed E-state index contributed by atoms with van der Waals surface area (Å²) in [4.78, 5) is 25.7. The van der Waals surface area contributed by atoms with Crippen LogP contribution in [0.3, 0.4) is 0 Å². The normalized spacial score (nSPS) is 32.5. The van der Waals surface area contributed by atoms with Crippen molar-refractivity contribution < 1.29 is 4.79 Å². The fraction of sp³-hybridized carbons (Fsp3) is 0.731. The second-order valence-corrected chi connectivity index (χ2v) is 11.3. The fourth-order valence-electron chi connectivity index (χ4n) is 7.06. The minimum absolute atomic E-state index is 0.0611. The van der Waals surface area contributed by atoms with Gasteiger partial charge >= 0.3 is 0 Å². The van der Waals surface area contributed by atoms with E-state index in [-0.39, 0.29) is 18.0 Å². The van der Waals surface area contributed by atoms with Crippen molar-refractivity contribution in [3.8, 4) is 0 Å². The van der Waals surface area contributed by atoms with Crippen LogP contribution in [0.25, 0.3) is 5.65 Å². The summed E-state index contributed by atoms with van der Waals surface area (Å²) in [6.45, 7) is 5.94. The van der Waals surface area contributed by atoms with Crippen LogP contribution in [0.15, 0.2) is 12.3 Å². The molecule has 0 spiro atoms. The second-order valence-electron chi connectivity index (χ2n) is 11.3. The first kappa shape index (κ1) is 22.3. The maximum atomic E-state index is 13.8. The lowest BCUT2D eigenvalue weighted by molar-refractivity contribution is -0.141. The third-order valence-electron chi connectivity index (χ3n) is 9.00. The van der Waals surface area contributed by atoms with Crippen molar-refractivity contribution in [3.63, 3.8) is 0 Å². The minimum atomic E-state index is 0.0611. The Balaban J connectivity index is 1.25. The number of carbonyl (C=O) groups excluding carboxylic acids is 1. The highest BCUT2D eigenvalue weighted by Gasteiger charge is 2.42. The van der Waals surface area contributed by atoms with Gasteiger partial charge in [0.25, 0.3) is 0 Å². The Bertz CT molecular complexity index is 1070. The van der Waals surface area contributed by atoms with Gasteiger partial charge in [0, 0.05) is 55.5 Å². The van der Waals surface area contributed by atoms with E-state index in [1.165, 1.54) is 19.4 Å². The van der Waals surface area contributed by atoms with E-state index < -0.39 is 0 Å². The first-order chi connectivity index (χ1) is 16.5. The fourth-order valence-corrected chi connectivity index (χ4v) is 7.06. The molecule has 2 aromatic rings. The lowest BCUT2D eigenvalue weighted by Crippen LogP contribution is -2.46. The Labute approximate surface area is 202 Å². The molecule has 184 valence electrons. The van der Waals surface area contributed by atoms with Gasteiger partial charge in [-0.15, -0.1) is 0 Å². The zero-order valence-corrected chi connectivity index (χ0v) is 20.7. The molecule has 0 radical (unpaired) electrons. The van der Waals surface area contributed by atoms with Crippen molar-refractivity contribution >= 4 is 17.4 Å². The SMILES string of the molecule is Cc1cn2nc([C@@H]3CCCCN3C(=O)C3CCC4CCN(C)C4C3)cc2nc1N1CC[C@H](N)C1. The molecule has 5 atom stereocenters. The van der Waals surface area contributed by atoms with Crippen molar-refractivity contribution in [2.24, 2.45) is 17.6 Å². The van der Waals surface area contributed by atoms with Crippen molar-refractivity contribution in [1.82, 2.24) is 24.4 Å². The van der Waals surface area contributed by atoms with Crippen molar-refractivity contribution in [2.75, 3.05) is 38.1 Å². The number of aromatic nitrogens is 3. The lowest BCUT2D eigenvalue weighted by atomic mass is 9.77. The highest BCUT2D eigenvalue weighted by molar-refractivity contribution is 5.79. The third-order valence-corrected chi connectivity index (χ3v) is 9.00. The number of fused-ring (bicyclic) bond motifs is 2. The van der Waals surface area contributed by atoms with Gasteiger partial charge in [0.15, 0.2) is 5.65 Å². The molecule has 4 aliphatic rings. The number of nitrogens with two attached hydrogens (primary N) is 1. The van der Waals surface area contributed by atoms with Crippen LogP contribution in [0.1, 0.15) is 68.7 Å². The Hall–Kier alpha value is -2.19. The van der Waals surface area contributed by atoms with Crippen LogP contribution in [0, 0.1) is 18.8 Å². The molecule has 0 aromatic carbocycles. The first-order valence-corrected chi connectivity index (χ1v) is 13.4. The number of carbonyl (C=O) groups is 1. The van der Waals surface area contributed by atoms with Gasteiger partial charge < -0.3 is 20.4 Å². The number of piperidine rings is 1. The van der Waals surface area contributed by atoms with Crippen LogP contribution in [-0.2, 0) is 4.79 Å². The molecular formula is C26H39N7O. The maximum absolute atomic E-state index is 13.8. The molecule has 5 heterocycles. The molecule has 8 heteroatoms. The predicted molar refractivity (Wildman–Crippen MR) is 133 cm³/mol. The highest BCUT2D eigenvalue weighted by Crippen LogP contribution is 2.41. The van der Waals surface area contributed by atoms with Gasteiger partial charge in [-0.1, -0.05) is 0 Å². The number of rotatable bonds is 3. The number of likely N-dealkylation sites (tertiary alicyclic amines) is 2. The summed E-state index contributed by atoms with van der Waals surface area (Å²) in [7, 11) is 2.23. The molecule has 8 nitrogen and oxygen atoms in total. The number of nitrogens with zero attached hydrogens (tertiary/aromatic N) is 6. The van der Waals surface area contributed by atoms with E-state index in [0.717, 1.165) is 86.8 Å². The zero-order chi connectivity index (χ0) is 23.4. The number of aryl methyl sites for hydroxylation is 1. The van der Waals surface area contributed by atoms with Crippen molar-refractivity contribution in [2.45, 2.75) is 76.4 Å². The number of hydrogen-bond acceptors (Lipinski definition) is 6. The Morgan fingerprint density at radius 2 is 1.97 bits per heavy atom. The van der Waals surface area contributed by atoms with Gasteiger partial charge in [0.05, 0.1) is 11.7 Å². The molecule has 3 aliphatic heterocycles. The standard InChI is InChI=1S/C26H39N7O/c1-17-15-33-24(28-25(17)31-12-9-20(27)16-31)14-21(29-33)22-5-3-4-10-32(22)26(34)19-7-6-18-8-11-30(2)23(18)13-19/h14-15,18-20,22-23H,3-13,16,27H2,1-2H3/t18?,19?,20-,22-,23?/m0/s1. The minimum Gasteiger partial charge on any atom is -0.355 e. The predicted octanol–water partition coefficient (Wildman–Crippen LogP) is 2.75. The molecule has 6 rings (SSSR count). The van der Waals surface area contributed by atoms with Crippen LogP contribution in [0.5, 0.6) is 0 Å². The second kappa shape index (κ2) is 8.79. The van der Waals surface area contributed by atoms with Gasteiger partial charge in [-0.3, -0.25) is 4.79 Å². The van der Waals surface area contributed by atoms with Crippen molar-refractivity contribution in [3.05, 3.63) is 23.5 Å². The van der Waals surface area contributed by atoms with Crippen LogP contribution in [0.2, 0.25) is 0 Å². The van der Waals surface area contributed by atoms with E-state index in [1.807, 2.05) is 4.52 Å². The highest BCUT2D eigenvalue weighted by atomic mass is 16.2. The summed E-state index contributed by atoms with van der Waals surface area (Å²) in [5, 5.41) is 4.93. The molecule has 3 unspecified atom stereocenters.